The lowest BCUT2D eigenvalue weighted by Crippen LogP contribution is -2.41. The topological polar surface area (TPSA) is 63.2 Å². The van der Waals surface area contributed by atoms with Crippen LogP contribution >= 0.6 is 11.6 Å². The predicted molar refractivity (Wildman–Crippen MR) is 96.8 cm³/mol. The number of carbonyl (C=O) groups excluding carboxylic acids is 1. The number of guanidine groups is 1. The van der Waals surface area contributed by atoms with E-state index in [1.165, 1.54) is 7.11 Å². The smallest absolute Gasteiger partial charge is 0.305 e. The van der Waals surface area contributed by atoms with E-state index >= 15 is 0 Å². The van der Waals surface area contributed by atoms with Gasteiger partial charge in [-0.05, 0) is 37.1 Å². The number of rotatable bonds is 9. The molecular formula is C17H26ClN3O3. The Morgan fingerprint density at radius 3 is 2.62 bits per heavy atom. The lowest BCUT2D eigenvalue weighted by molar-refractivity contribution is -0.140. The van der Waals surface area contributed by atoms with Crippen molar-refractivity contribution >= 4 is 23.5 Å². The Morgan fingerprint density at radius 2 is 2.00 bits per heavy atom. The van der Waals surface area contributed by atoms with Crippen molar-refractivity contribution in [3.05, 3.63) is 29.3 Å². The summed E-state index contributed by atoms with van der Waals surface area (Å²) in [5.41, 5.74) is 0. The second kappa shape index (κ2) is 11.6. The highest BCUT2D eigenvalue weighted by atomic mass is 35.5. The van der Waals surface area contributed by atoms with Crippen molar-refractivity contribution in [3.8, 4) is 5.75 Å². The van der Waals surface area contributed by atoms with Crippen LogP contribution in [0.2, 0.25) is 5.02 Å². The van der Waals surface area contributed by atoms with E-state index in [0.29, 0.717) is 24.6 Å². The molecule has 0 spiro atoms. The van der Waals surface area contributed by atoms with Crippen LogP contribution in [0.25, 0.3) is 0 Å². The predicted octanol–water partition coefficient (Wildman–Crippen LogP) is 2.57. The van der Waals surface area contributed by atoms with Crippen LogP contribution in [0.4, 0.5) is 0 Å². The van der Waals surface area contributed by atoms with E-state index in [9.17, 15) is 4.79 Å². The molecule has 1 aromatic rings. The van der Waals surface area contributed by atoms with Gasteiger partial charge in [0.25, 0.3) is 0 Å². The Bertz CT molecular complexity index is 520. The van der Waals surface area contributed by atoms with Gasteiger partial charge in [0.05, 0.1) is 13.7 Å². The van der Waals surface area contributed by atoms with E-state index < -0.39 is 0 Å². The maximum Gasteiger partial charge on any atom is 0.305 e. The number of likely N-dealkylation sites (N-methyl/N-ethyl adjacent to an activating group) is 1. The SMILES string of the molecule is CN=C(NCCCCC(=O)OC)N(C)CCOc1ccc(Cl)cc1. The second-order valence-corrected chi connectivity index (χ2v) is 5.67. The molecule has 6 nitrogen and oxygen atoms in total. The highest BCUT2D eigenvalue weighted by Crippen LogP contribution is 2.15. The molecule has 0 radical (unpaired) electrons. The highest BCUT2D eigenvalue weighted by Gasteiger charge is 2.06. The molecule has 0 aromatic heterocycles. The van der Waals surface area contributed by atoms with Gasteiger partial charge in [-0.1, -0.05) is 11.6 Å². The number of nitrogens with one attached hydrogen (secondary N) is 1. The van der Waals surface area contributed by atoms with E-state index in [-0.39, 0.29) is 5.97 Å². The van der Waals surface area contributed by atoms with Crippen LogP contribution in [-0.2, 0) is 9.53 Å². The highest BCUT2D eigenvalue weighted by molar-refractivity contribution is 6.30. The van der Waals surface area contributed by atoms with Crippen molar-refractivity contribution in [3.63, 3.8) is 0 Å². The van der Waals surface area contributed by atoms with E-state index in [0.717, 1.165) is 31.1 Å². The third kappa shape index (κ3) is 8.06. The standard InChI is InChI=1S/C17H26ClN3O3/c1-19-17(20-11-5-4-6-16(22)23-3)21(2)12-13-24-15-9-7-14(18)8-10-15/h7-10H,4-6,11-13H2,1-3H3,(H,19,20). The summed E-state index contributed by atoms with van der Waals surface area (Å²) >= 11 is 5.84. The number of esters is 1. The van der Waals surface area contributed by atoms with Crippen LogP contribution in [0.1, 0.15) is 19.3 Å². The number of unbranched alkanes of at least 4 members (excludes halogenated alkanes) is 1. The van der Waals surface area contributed by atoms with Crippen molar-refractivity contribution < 1.29 is 14.3 Å². The number of benzene rings is 1. The third-order valence-corrected chi connectivity index (χ3v) is 3.65. The molecule has 0 saturated carbocycles. The van der Waals surface area contributed by atoms with Crippen molar-refractivity contribution in [2.75, 3.05) is 40.9 Å². The average molecular weight is 356 g/mol. The van der Waals surface area contributed by atoms with Crippen molar-refractivity contribution in [1.29, 1.82) is 0 Å². The van der Waals surface area contributed by atoms with Gasteiger partial charge in [0.1, 0.15) is 12.4 Å². The molecule has 0 saturated heterocycles. The fraction of sp³-hybridized carbons (Fsp3) is 0.529. The Balaban J connectivity index is 2.22. The molecule has 134 valence electrons. The molecule has 0 atom stereocenters. The summed E-state index contributed by atoms with van der Waals surface area (Å²) in [6.45, 7) is 2.00. The van der Waals surface area contributed by atoms with Gasteiger partial charge in [0.15, 0.2) is 5.96 Å². The van der Waals surface area contributed by atoms with Gasteiger partial charge in [0, 0.05) is 32.1 Å². The summed E-state index contributed by atoms with van der Waals surface area (Å²) in [6, 6.07) is 7.29. The summed E-state index contributed by atoms with van der Waals surface area (Å²) in [7, 11) is 5.10. The Hall–Kier alpha value is -1.95. The van der Waals surface area contributed by atoms with E-state index in [1.54, 1.807) is 19.2 Å². The van der Waals surface area contributed by atoms with Gasteiger partial charge >= 0.3 is 5.97 Å². The Morgan fingerprint density at radius 1 is 1.29 bits per heavy atom. The maximum atomic E-state index is 11.0. The van der Waals surface area contributed by atoms with E-state index in [2.05, 4.69) is 15.0 Å². The van der Waals surface area contributed by atoms with Crippen LogP contribution < -0.4 is 10.1 Å². The summed E-state index contributed by atoms with van der Waals surface area (Å²) in [5.74, 6) is 1.42. The van der Waals surface area contributed by atoms with Crippen molar-refractivity contribution in [2.24, 2.45) is 4.99 Å². The van der Waals surface area contributed by atoms with E-state index in [4.69, 9.17) is 16.3 Å². The van der Waals surface area contributed by atoms with Crippen LogP contribution in [0.5, 0.6) is 5.75 Å². The average Bonchev–Trinajstić information content (AvgIpc) is 2.59. The molecule has 7 heteroatoms. The molecule has 0 unspecified atom stereocenters. The summed E-state index contributed by atoms with van der Waals surface area (Å²) < 4.78 is 10.3. The molecule has 1 N–H and O–H groups in total. The third-order valence-electron chi connectivity index (χ3n) is 3.40. The zero-order valence-electron chi connectivity index (χ0n) is 14.5. The molecule has 24 heavy (non-hydrogen) atoms. The lowest BCUT2D eigenvalue weighted by atomic mass is 10.2. The number of hydrogen-bond acceptors (Lipinski definition) is 4. The minimum atomic E-state index is -0.171. The van der Waals surface area contributed by atoms with Gasteiger partial charge in [-0.15, -0.1) is 0 Å². The molecule has 0 aliphatic rings. The lowest BCUT2D eigenvalue weighted by Gasteiger charge is -2.22. The van der Waals surface area contributed by atoms with Crippen LogP contribution in [0.15, 0.2) is 29.3 Å². The van der Waals surface area contributed by atoms with Crippen LogP contribution in [0, 0.1) is 0 Å². The van der Waals surface area contributed by atoms with Crippen molar-refractivity contribution in [1.82, 2.24) is 10.2 Å². The number of ether oxygens (including phenoxy) is 2. The number of halogens is 1. The van der Waals surface area contributed by atoms with Crippen LogP contribution in [0.3, 0.4) is 0 Å². The summed E-state index contributed by atoms with van der Waals surface area (Å²) in [6.07, 6.45) is 2.12. The molecule has 1 aromatic carbocycles. The van der Waals surface area contributed by atoms with E-state index in [1.807, 2.05) is 24.1 Å². The Kier molecular flexibility index (Phi) is 9.68. The first-order chi connectivity index (χ1) is 11.6. The first kappa shape index (κ1) is 20.1. The largest absolute Gasteiger partial charge is 0.492 e. The van der Waals surface area contributed by atoms with Crippen LogP contribution in [-0.4, -0.2) is 57.7 Å². The number of carbonyl (C=O) groups is 1. The quantitative estimate of drug-likeness (QED) is 0.319. The fourth-order valence-corrected chi connectivity index (χ4v) is 2.14. The molecule has 0 heterocycles. The Labute approximate surface area is 148 Å². The second-order valence-electron chi connectivity index (χ2n) is 5.23. The van der Waals surface area contributed by atoms with Gasteiger partial charge in [-0.2, -0.15) is 0 Å². The molecule has 0 aliphatic carbocycles. The minimum Gasteiger partial charge on any atom is -0.492 e. The van der Waals surface area contributed by atoms with Gasteiger partial charge in [-0.25, -0.2) is 0 Å². The number of hydrogen-bond donors (Lipinski definition) is 1. The monoisotopic (exact) mass is 355 g/mol. The van der Waals surface area contributed by atoms with Gasteiger partial charge < -0.3 is 19.7 Å². The first-order valence-electron chi connectivity index (χ1n) is 7.93. The molecule has 0 fully saturated rings. The number of nitrogens with zero attached hydrogens (tertiary/aromatic N) is 2. The van der Waals surface area contributed by atoms with Crippen molar-refractivity contribution in [2.45, 2.75) is 19.3 Å². The van der Waals surface area contributed by atoms with Gasteiger partial charge in [-0.3, -0.25) is 9.79 Å². The molecule has 1 rings (SSSR count). The molecular weight excluding hydrogens is 330 g/mol. The normalized spacial score (nSPS) is 11.1. The number of aliphatic imine (C=N–C) groups is 1. The molecule has 0 amide bonds. The summed E-state index contributed by atoms with van der Waals surface area (Å²) in [4.78, 5) is 17.3. The maximum absolute atomic E-state index is 11.0. The molecule has 0 bridgehead atoms. The molecule has 0 aliphatic heterocycles. The van der Waals surface area contributed by atoms with Gasteiger partial charge in [0.2, 0.25) is 0 Å². The summed E-state index contributed by atoms with van der Waals surface area (Å²) in [5, 5.41) is 3.96. The zero-order chi connectivity index (χ0) is 17.8. The zero-order valence-corrected chi connectivity index (χ0v) is 15.3. The fourth-order valence-electron chi connectivity index (χ4n) is 2.02. The first-order valence-corrected chi connectivity index (χ1v) is 8.31. The number of methoxy groups -OCH3 is 1. The minimum absolute atomic E-state index is 0.171.